The smallest absolute Gasteiger partial charge is 0.193 e. The van der Waals surface area contributed by atoms with E-state index in [1.165, 1.54) is 4.88 Å². The fraction of sp³-hybridized carbons (Fsp3) is 0.214. The Kier molecular flexibility index (Phi) is 8.30. The molecule has 0 unspecified atom stereocenters. The van der Waals surface area contributed by atoms with Crippen LogP contribution in [0.4, 0.5) is 5.69 Å². The Morgan fingerprint density at radius 3 is 2.68 bits per heavy atom. The average Bonchev–Trinajstić information content (AvgIpc) is 2.84. The number of benzene rings is 1. The zero-order valence-electron chi connectivity index (χ0n) is 11.8. The van der Waals surface area contributed by atoms with E-state index in [9.17, 15) is 0 Å². The van der Waals surface area contributed by atoms with Crippen molar-refractivity contribution in [2.75, 3.05) is 19.0 Å². The van der Waals surface area contributed by atoms with Crippen LogP contribution in [0.25, 0.3) is 0 Å². The topological polar surface area (TPSA) is 59.6 Å². The number of halogens is 3. The summed E-state index contributed by atoms with van der Waals surface area (Å²) in [5.41, 5.74) is 6.60. The molecule has 1 aromatic heterocycles. The van der Waals surface area contributed by atoms with E-state index >= 15 is 0 Å². The predicted octanol–water partition coefficient (Wildman–Crippen LogP) is 4.65. The van der Waals surface area contributed by atoms with Gasteiger partial charge in [0.1, 0.15) is 5.75 Å². The summed E-state index contributed by atoms with van der Waals surface area (Å²) in [6, 6.07) is 9.21. The lowest BCUT2D eigenvalue weighted by molar-refractivity contribution is 0.415. The fourth-order valence-corrected chi connectivity index (χ4v) is 3.04. The molecule has 0 saturated heterocycles. The summed E-state index contributed by atoms with van der Waals surface area (Å²) in [7, 11) is 1.57. The molecule has 3 N–H and O–H groups in total. The van der Waals surface area contributed by atoms with E-state index in [0.29, 0.717) is 23.3 Å². The van der Waals surface area contributed by atoms with Gasteiger partial charge in [0.25, 0.3) is 0 Å². The van der Waals surface area contributed by atoms with Gasteiger partial charge in [-0.2, -0.15) is 0 Å². The molecule has 22 heavy (non-hydrogen) atoms. The number of nitrogens with one attached hydrogen (secondary N) is 1. The van der Waals surface area contributed by atoms with Crippen LogP contribution in [-0.4, -0.2) is 19.6 Å². The molecule has 2 aromatic rings. The van der Waals surface area contributed by atoms with Crippen molar-refractivity contribution in [3.63, 3.8) is 0 Å². The Morgan fingerprint density at radius 2 is 2.09 bits per heavy atom. The second-order valence-corrected chi connectivity index (χ2v) is 6.40. The van der Waals surface area contributed by atoms with Crippen molar-refractivity contribution in [2.45, 2.75) is 6.42 Å². The van der Waals surface area contributed by atoms with Crippen LogP contribution in [0.5, 0.6) is 5.75 Å². The van der Waals surface area contributed by atoms with Crippen molar-refractivity contribution in [3.05, 3.63) is 44.6 Å². The van der Waals surface area contributed by atoms with Gasteiger partial charge >= 0.3 is 0 Å². The summed E-state index contributed by atoms with van der Waals surface area (Å²) in [4.78, 5) is 5.45. The SMILES string of the molecule is COc1ccc(NC(N)=NCCc2ccc(Cl)s2)cc1Cl.I. The molecular formula is C14H16Cl2IN3OS. The van der Waals surface area contributed by atoms with Crippen LogP contribution in [0.15, 0.2) is 35.3 Å². The molecule has 0 bridgehead atoms. The number of aliphatic imine (C=N–C) groups is 1. The molecule has 2 rings (SSSR count). The van der Waals surface area contributed by atoms with Gasteiger partial charge < -0.3 is 15.8 Å². The van der Waals surface area contributed by atoms with Crippen LogP contribution in [0.3, 0.4) is 0 Å². The van der Waals surface area contributed by atoms with Gasteiger partial charge in [0.2, 0.25) is 0 Å². The van der Waals surface area contributed by atoms with Gasteiger partial charge in [-0.05, 0) is 30.3 Å². The van der Waals surface area contributed by atoms with E-state index in [1.807, 2.05) is 18.2 Å². The van der Waals surface area contributed by atoms with Crippen LogP contribution >= 0.6 is 58.5 Å². The lowest BCUT2D eigenvalue weighted by Crippen LogP contribution is -2.23. The number of ether oxygens (including phenoxy) is 1. The monoisotopic (exact) mass is 471 g/mol. The highest BCUT2D eigenvalue weighted by Gasteiger charge is 2.03. The number of anilines is 1. The predicted molar refractivity (Wildman–Crippen MR) is 107 cm³/mol. The molecule has 0 aliphatic carbocycles. The maximum atomic E-state index is 6.04. The van der Waals surface area contributed by atoms with Crippen molar-refractivity contribution >= 4 is 70.2 Å². The minimum atomic E-state index is 0. The fourth-order valence-electron chi connectivity index (χ4n) is 1.70. The lowest BCUT2D eigenvalue weighted by Gasteiger charge is -2.08. The van der Waals surface area contributed by atoms with Crippen LogP contribution in [0.2, 0.25) is 9.36 Å². The molecule has 1 aromatic carbocycles. The summed E-state index contributed by atoms with van der Waals surface area (Å²) in [5, 5.41) is 3.51. The Labute approximate surface area is 160 Å². The molecule has 8 heteroatoms. The van der Waals surface area contributed by atoms with E-state index < -0.39 is 0 Å². The number of hydrogen-bond donors (Lipinski definition) is 2. The third kappa shape index (κ3) is 5.83. The van der Waals surface area contributed by atoms with Gasteiger partial charge in [-0.25, -0.2) is 0 Å². The number of nitrogens with zero attached hydrogens (tertiary/aromatic N) is 1. The molecule has 0 atom stereocenters. The largest absolute Gasteiger partial charge is 0.495 e. The molecule has 4 nitrogen and oxygen atoms in total. The van der Waals surface area contributed by atoms with E-state index in [0.717, 1.165) is 16.4 Å². The van der Waals surface area contributed by atoms with Crippen molar-refractivity contribution in [1.29, 1.82) is 0 Å². The van der Waals surface area contributed by atoms with E-state index in [1.54, 1.807) is 30.6 Å². The van der Waals surface area contributed by atoms with Crippen LogP contribution in [0, 0.1) is 0 Å². The first-order chi connectivity index (χ1) is 10.1. The molecule has 0 saturated carbocycles. The Hall–Kier alpha value is -0.700. The normalized spacial score (nSPS) is 11.0. The highest BCUT2D eigenvalue weighted by molar-refractivity contribution is 14.0. The summed E-state index contributed by atoms with van der Waals surface area (Å²) in [6.07, 6.45) is 0.809. The second-order valence-electron chi connectivity index (χ2n) is 4.20. The van der Waals surface area contributed by atoms with Crippen LogP contribution in [0.1, 0.15) is 4.88 Å². The van der Waals surface area contributed by atoms with E-state index in [4.69, 9.17) is 33.7 Å². The Morgan fingerprint density at radius 1 is 1.32 bits per heavy atom. The highest BCUT2D eigenvalue weighted by Crippen LogP contribution is 2.27. The highest BCUT2D eigenvalue weighted by atomic mass is 127. The van der Waals surface area contributed by atoms with Crippen molar-refractivity contribution in [2.24, 2.45) is 10.7 Å². The Balaban J connectivity index is 0.00000242. The van der Waals surface area contributed by atoms with Gasteiger partial charge in [0.05, 0.1) is 16.5 Å². The first-order valence-corrected chi connectivity index (χ1v) is 7.80. The third-order valence-corrected chi connectivity index (χ3v) is 4.28. The summed E-state index contributed by atoms with van der Waals surface area (Å²) < 4.78 is 5.88. The minimum absolute atomic E-state index is 0. The number of methoxy groups -OCH3 is 1. The molecule has 0 aliphatic rings. The third-order valence-electron chi connectivity index (χ3n) is 2.69. The van der Waals surface area contributed by atoms with Gasteiger partial charge in [-0.1, -0.05) is 23.2 Å². The lowest BCUT2D eigenvalue weighted by atomic mass is 10.3. The van der Waals surface area contributed by atoms with Crippen LogP contribution in [-0.2, 0) is 6.42 Å². The van der Waals surface area contributed by atoms with Gasteiger partial charge in [0, 0.05) is 23.5 Å². The summed E-state index contributed by atoms with van der Waals surface area (Å²) in [5.74, 6) is 0.964. The first-order valence-electron chi connectivity index (χ1n) is 6.23. The minimum Gasteiger partial charge on any atom is -0.495 e. The molecule has 0 spiro atoms. The molecule has 120 valence electrons. The van der Waals surface area contributed by atoms with E-state index in [2.05, 4.69) is 10.3 Å². The van der Waals surface area contributed by atoms with E-state index in [-0.39, 0.29) is 24.0 Å². The number of thiophene rings is 1. The van der Waals surface area contributed by atoms with Crippen molar-refractivity contribution in [3.8, 4) is 5.75 Å². The van der Waals surface area contributed by atoms with Crippen molar-refractivity contribution < 1.29 is 4.74 Å². The van der Waals surface area contributed by atoms with Crippen LogP contribution < -0.4 is 15.8 Å². The van der Waals surface area contributed by atoms with Gasteiger partial charge in [0.15, 0.2) is 5.96 Å². The molecule has 0 amide bonds. The summed E-state index contributed by atoms with van der Waals surface area (Å²) in [6.45, 7) is 0.597. The molecular weight excluding hydrogens is 456 g/mol. The molecule has 0 aliphatic heterocycles. The van der Waals surface area contributed by atoms with Gasteiger partial charge in [-0.15, -0.1) is 35.3 Å². The second kappa shape index (κ2) is 9.44. The maximum Gasteiger partial charge on any atom is 0.193 e. The first kappa shape index (κ1) is 19.3. The molecule has 1 heterocycles. The van der Waals surface area contributed by atoms with Gasteiger partial charge in [-0.3, -0.25) is 4.99 Å². The standard InChI is InChI=1S/C14H15Cl2N3OS.HI/c1-20-12-4-2-9(8-11(12)15)19-14(17)18-7-6-10-3-5-13(16)21-10;/h2-5,8H,6-7H2,1H3,(H3,17,18,19);1H. The van der Waals surface area contributed by atoms with Crippen molar-refractivity contribution in [1.82, 2.24) is 0 Å². The quantitative estimate of drug-likeness (QED) is 0.379. The molecule has 0 radical (unpaired) electrons. The maximum absolute atomic E-state index is 6.04. The molecule has 0 fully saturated rings. The zero-order valence-corrected chi connectivity index (χ0v) is 16.5. The zero-order chi connectivity index (χ0) is 15.2. The Bertz CT molecular complexity index is 649. The average molecular weight is 472 g/mol. The number of guanidine groups is 1. The summed E-state index contributed by atoms with van der Waals surface area (Å²) >= 11 is 13.5. The number of hydrogen-bond acceptors (Lipinski definition) is 3. The number of nitrogens with two attached hydrogens (primary N) is 1. The number of rotatable bonds is 5.